The fourth-order valence-corrected chi connectivity index (χ4v) is 2.19. The predicted molar refractivity (Wildman–Crippen MR) is 65.6 cm³/mol. The number of methoxy groups -OCH3 is 1. The summed E-state index contributed by atoms with van der Waals surface area (Å²) in [7, 11) is 1.81. The SMILES string of the molecule is COC1CCCC(NC(C)(C)C(C)Cl)C1. The van der Waals surface area contributed by atoms with Crippen molar-refractivity contribution < 1.29 is 4.74 Å². The van der Waals surface area contributed by atoms with E-state index in [1.807, 2.05) is 14.0 Å². The van der Waals surface area contributed by atoms with Crippen molar-refractivity contribution in [2.24, 2.45) is 0 Å². The van der Waals surface area contributed by atoms with Gasteiger partial charge in [-0.15, -0.1) is 11.6 Å². The van der Waals surface area contributed by atoms with Crippen LogP contribution in [0.25, 0.3) is 0 Å². The van der Waals surface area contributed by atoms with Crippen LogP contribution < -0.4 is 5.32 Å². The van der Waals surface area contributed by atoms with E-state index in [0.29, 0.717) is 12.1 Å². The van der Waals surface area contributed by atoms with Crippen LogP contribution >= 0.6 is 11.6 Å². The average Bonchev–Trinajstić information content (AvgIpc) is 2.17. The molecule has 0 radical (unpaired) electrons. The number of halogens is 1. The monoisotopic (exact) mass is 233 g/mol. The van der Waals surface area contributed by atoms with Gasteiger partial charge in [-0.3, -0.25) is 0 Å². The summed E-state index contributed by atoms with van der Waals surface area (Å²) < 4.78 is 5.42. The summed E-state index contributed by atoms with van der Waals surface area (Å²) in [4.78, 5) is 0. The van der Waals surface area contributed by atoms with Crippen molar-refractivity contribution in [2.45, 2.75) is 69.5 Å². The molecule has 1 fully saturated rings. The second kappa shape index (κ2) is 5.51. The van der Waals surface area contributed by atoms with E-state index < -0.39 is 0 Å². The first-order valence-electron chi connectivity index (χ1n) is 5.90. The van der Waals surface area contributed by atoms with Gasteiger partial charge in [0.05, 0.1) is 6.10 Å². The van der Waals surface area contributed by atoms with Crippen LogP contribution in [0.5, 0.6) is 0 Å². The molecule has 0 aromatic carbocycles. The molecule has 0 bridgehead atoms. The van der Waals surface area contributed by atoms with Gasteiger partial charge in [0.25, 0.3) is 0 Å². The van der Waals surface area contributed by atoms with Gasteiger partial charge in [-0.05, 0) is 46.5 Å². The zero-order valence-electron chi connectivity index (χ0n) is 10.3. The first-order valence-corrected chi connectivity index (χ1v) is 6.34. The zero-order valence-corrected chi connectivity index (χ0v) is 11.1. The lowest BCUT2D eigenvalue weighted by atomic mass is 9.90. The van der Waals surface area contributed by atoms with Crippen molar-refractivity contribution >= 4 is 11.6 Å². The maximum Gasteiger partial charge on any atom is 0.0586 e. The van der Waals surface area contributed by atoms with Crippen LogP contribution in [0.4, 0.5) is 0 Å². The van der Waals surface area contributed by atoms with Gasteiger partial charge in [0.15, 0.2) is 0 Å². The molecule has 0 aromatic rings. The minimum atomic E-state index is 0.00184. The fourth-order valence-electron chi connectivity index (χ4n) is 2.13. The number of rotatable bonds is 4. The highest BCUT2D eigenvalue weighted by Crippen LogP contribution is 2.24. The molecule has 2 nitrogen and oxygen atoms in total. The van der Waals surface area contributed by atoms with Crippen LogP contribution in [-0.2, 0) is 4.74 Å². The molecule has 0 saturated heterocycles. The largest absolute Gasteiger partial charge is 0.381 e. The van der Waals surface area contributed by atoms with E-state index in [1.54, 1.807) is 0 Å². The molecule has 1 aliphatic rings. The van der Waals surface area contributed by atoms with Crippen LogP contribution in [0.1, 0.15) is 46.5 Å². The predicted octanol–water partition coefficient (Wildman–Crippen LogP) is 2.94. The van der Waals surface area contributed by atoms with E-state index in [9.17, 15) is 0 Å². The molecule has 15 heavy (non-hydrogen) atoms. The fraction of sp³-hybridized carbons (Fsp3) is 1.00. The molecule has 90 valence electrons. The third kappa shape index (κ3) is 3.93. The van der Waals surface area contributed by atoms with Crippen molar-refractivity contribution in [3.05, 3.63) is 0 Å². The molecule has 1 saturated carbocycles. The highest BCUT2D eigenvalue weighted by Gasteiger charge is 2.30. The lowest BCUT2D eigenvalue weighted by molar-refractivity contribution is 0.0539. The van der Waals surface area contributed by atoms with Crippen molar-refractivity contribution in [3.63, 3.8) is 0 Å². The average molecular weight is 234 g/mol. The van der Waals surface area contributed by atoms with Gasteiger partial charge in [-0.25, -0.2) is 0 Å². The van der Waals surface area contributed by atoms with Gasteiger partial charge < -0.3 is 10.1 Å². The molecule has 3 heteroatoms. The molecule has 1 aliphatic carbocycles. The van der Waals surface area contributed by atoms with Crippen molar-refractivity contribution in [3.8, 4) is 0 Å². The first kappa shape index (κ1) is 13.3. The first-order chi connectivity index (χ1) is 6.95. The Hall–Kier alpha value is 0.210. The van der Waals surface area contributed by atoms with E-state index in [0.717, 1.165) is 6.42 Å². The number of ether oxygens (including phenoxy) is 1. The van der Waals surface area contributed by atoms with E-state index in [2.05, 4.69) is 19.2 Å². The quantitative estimate of drug-likeness (QED) is 0.754. The Morgan fingerprint density at radius 2 is 2.07 bits per heavy atom. The third-order valence-electron chi connectivity index (χ3n) is 3.53. The molecule has 1 N–H and O–H groups in total. The molecule has 0 heterocycles. The standard InChI is InChI=1S/C12H24ClNO/c1-9(13)12(2,3)14-10-6-5-7-11(8-10)15-4/h9-11,14H,5-8H2,1-4H3. The Morgan fingerprint density at radius 1 is 1.40 bits per heavy atom. The maximum absolute atomic E-state index is 6.17. The minimum Gasteiger partial charge on any atom is -0.381 e. The molecule has 1 rings (SSSR count). The van der Waals surface area contributed by atoms with Gasteiger partial charge in [0.2, 0.25) is 0 Å². The van der Waals surface area contributed by atoms with Crippen LogP contribution in [0.3, 0.4) is 0 Å². The Balaban J connectivity index is 2.44. The lowest BCUT2D eigenvalue weighted by Crippen LogP contribution is -2.52. The zero-order chi connectivity index (χ0) is 11.5. The number of hydrogen-bond donors (Lipinski definition) is 1. The van der Waals surface area contributed by atoms with Crippen molar-refractivity contribution in [1.29, 1.82) is 0 Å². The Kier molecular flexibility index (Phi) is 4.88. The van der Waals surface area contributed by atoms with Gasteiger partial charge in [-0.1, -0.05) is 0 Å². The molecule has 3 unspecified atom stereocenters. The molecule has 0 spiro atoms. The van der Waals surface area contributed by atoms with E-state index >= 15 is 0 Å². The van der Waals surface area contributed by atoms with E-state index in [1.165, 1.54) is 19.3 Å². The van der Waals surface area contributed by atoms with Gasteiger partial charge in [0.1, 0.15) is 0 Å². The van der Waals surface area contributed by atoms with Crippen molar-refractivity contribution in [1.82, 2.24) is 5.32 Å². The molecule has 0 amide bonds. The summed E-state index contributed by atoms with van der Waals surface area (Å²) in [6, 6.07) is 0.555. The molecular weight excluding hydrogens is 210 g/mol. The Bertz CT molecular complexity index is 194. The summed E-state index contributed by atoms with van der Waals surface area (Å²) in [5.41, 5.74) is 0.00184. The van der Waals surface area contributed by atoms with Gasteiger partial charge in [-0.2, -0.15) is 0 Å². The number of hydrogen-bond acceptors (Lipinski definition) is 2. The summed E-state index contributed by atoms with van der Waals surface area (Å²) in [5, 5.41) is 3.79. The number of alkyl halides is 1. The van der Waals surface area contributed by atoms with Crippen LogP contribution in [0, 0.1) is 0 Å². The van der Waals surface area contributed by atoms with E-state index in [-0.39, 0.29) is 10.9 Å². The summed E-state index contributed by atoms with van der Waals surface area (Å²) in [5.74, 6) is 0. The highest BCUT2D eigenvalue weighted by atomic mass is 35.5. The smallest absolute Gasteiger partial charge is 0.0586 e. The van der Waals surface area contributed by atoms with Gasteiger partial charge >= 0.3 is 0 Å². The topological polar surface area (TPSA) is 21.3 Å². The summed E-state index contributed by atoms with van der Waals surface area (Å²) >= 11 is 6.17. The third-order valence-corrected chi connectivity index (χ3v) is 4.08. The summed E-state index contributed by atoms with van der Waals surface area (Å²) in [6.45, 7) is 6.38. The molecule has 0 aliphatic heterocycles. The second-order valence-electron chi connectivity index (χ2n) is 5.20. The molecule has 3 atom stereocenters. The van der Waals surface area contributed by atoms with Crippen molar-refractivity contribution in [2.75, 3.05) is 7.11 Å². The molecule has 0 aromatic heterocycles. The van der Waals surface area contributed by atoms with Crippen LogP contribution in [-0.4, -0.2) is 30.2 Å². The second-order valence-corrected chi connectivity index (χ2v) is 5.86. The van der Waals surface area contributed by atoms with Crippen LogP contribution in [0.2, 0.25) is 0 Å². The summed E-state index contributed by atoms with van der Waals surface area (Å²) in [6.07, 6.45) is 5.24. The Morgan fingerprint density at radius 3 is 2.60 bits per heavy atom. The lowest BCUT2D eigenvalue weighted by Gasteiger charge is -2.37. The normalized spacial score (nSPS) is 30.2. The Labute approximate surface area is 98.7 Å². The number of nitrogens with one attached hydrogen (secondary N) is 1. The molecular formula is C12H24ClNO. The maximum atomic E-state index is 6.17. The minimum absolute atomic E-state index is 0.00184. The van der Waals surface area contributed by atoms with Gasteiger partial charge in [0, 0.05) is 24.1 Å². The van der Waals surface area contributed by atoms with Crippen LogP contribution in [0.15, 0.2) is 0 Å². The van der Waals surface area contributed by atoms with E-state index in [4.69, 9.17) is 16.3 Å². The highest BCUT2D eigenvalue weighted by molar-refractivity contribution is 6.21.